The molecule has 4 heterocycles. The monoisotopic (exact) mass is 424 g/mol. The molecule has 0 saturated carbocycles. The molecule has 0 aliphatic carbocycles. The summed E-state index contributed by atoms with van der Waals surface area (Å²) in [5.41, 5.74) is 3.18. The molecule has 158 valence electrons. The number of aliphatic hydroxyl groups excluding tert-OH is 1. The fourth-order valence-electron chi connectivity index (χ4n) is 4.24. The van der Waals surface area contributed by atoms with Gasteiger partial charge in [0.25, 0.3) is 5.91 Å². The van der Waals surface area contributed by atoms with Crippen molar-refractivity contribution in [1.82, 2.24) is 19.9 Å². The number of H-pyrrole nitrogens is 1. The quantitative estimate of drug-likeness (QED) is 0.459. The van der Waals surface area contributed by atoms with E-state index in [-0.39, 0.29) is 5.57 Å². The number of aliphatic hydroxyl groups is 1. The van der Waals surface area contributed by atoms with Gasteiger partial charge in [-0.2, -0.15) is 0 Å². The summed E-state index contributed by atoms with van der Waals surface area (Å²) in [6, 6.07) is 14.0. The Hall–Kier alpha value is -4.26. The van der Waals surface area contributed by atoms with Crippen molar-refractivity contribution < 1.29 is 14.7 Å². The number of nitrogens with zero attached hydrogens (tertiary/aromatic N) is 3. The van der Waals surface area contributed by atoms with Crippen molar-refractivity contribution in [3.63, 3.8) is 0 Å². The minimum atomic E-state index is -0.705. The number of aromatic amines is 1. The van der Waals surface area contributed by atoms with Gasteiger partial charge < -0.3 is 15.0 Å². The maximum absolute atomic E-state index is 13.3. The summed E-state index contributed by atoms with van der Waals surface area (Å²) in [4.78, 5) is 39.2. The molecule has 1 aliphatic rings. The van der Waals surface area contributed by atoms with E-state index in [1.165, 1.54) is 6.20 Å². The van der Waals surface area contributed by atoms with Gasteiger partial charge in [0, 0.05) is 54.0 Å². The molecule has 0 saturated heterocycles. The molecule has 7 heteroatoms. The number of nitrogens with one attached hydrogen (secondary N) is 1. The van der Waals surface area contributed by atoms with Crippen molar-refractivity contribution in [3.05, 3.63) is 108 Å². The minimum Gasteiger partial charge on any atom is -0.503 e. The van der Waals surface area contributed by atoms with E-state index in [2.05, 4.69) is 15.0 Å². The Kier molecular flexibility index (Phi) is 4.99. The number of carbonyl (C=O) groups excluding carboxylic acids is 2. The van der Waals surface area contributed by atoms with Crippen molar-refractivity contribution in [2.75, 3.05) is 6.54 Å². The summed E-state index contributed by atoms with van der Waals surface area (Å²) in [7, 11) is 0. The molecule has 32 heavy (non-hydrogen) atoms. The number of aromatic nitrogens is 3. The summed E-state index contributed by atoms with van der Waals surface area (Å²) in [5.74, 6) is -1.49. The van der Waals surface area contributed by atoms with E-state index >= 15 is 0 Å². The summed E-state index contributed by atoms with van der Waals surface area (Å²) in [6.07, 6.45) is 8.73. The number of carbonyl (C=O) groups is 2. The van der Waals surface area contributed by atoms with Crippen molar-refractivity contribution in [2.45, 2.75) is 12.5 Å². The first-order chi connectivity index (χ1) is 15.6. The summed E-state index contributed by atoms with van der Waals surface area (Å²) >= 11 is 0. The average molecular weight is 424 g/mol. The van der Waals surface area contributed by atoms with Gasteiger partial charge in [0.1, 0.15) is 0 Å². The third-order valence-corrected chi connectivity index (χ3v) is 5.79. The van der Waals surface area contributed by atoms with Crippen molar-refractivity contribution >= 4 is 22.6 Å². The van der Waals surface area contributed by atoms with Crippen LogP contribution in [0.2, 0.25) is 0 Å². The van der Waals surface area contributed by atoms with Gasteiger partial charge in [-0.05, 0) is 47.9 Å². The number of fused-ring (bicyclic) bond motifs is 1. The molecule has 0 radical (unpaired) electrons. The number of Topliss-reactive ketones (excluding diaryl/α,β-unsaturated/α-hetero) is 1. The first kappa shape index (κ1) is 19.7. The molecule has 3 aromatic heterocycles. The molecule has 0 fully saturated rings. The van der Waals surface area contributed by atoms with Crippen molar-refractivity contribution in [2.24, 2.45) is 0 Å². The number of hydrogen-bond acceptors (Lipinski definition) is 5. The highest BCUT2D eigenvalue weighted by atomic mass is 16.3. The Bertz CT molecular complexity index is 1330. The Morgan fingerprint density at radius 1 is 1.03 bits per heavy atom. The first-order valence-corrected chi connectivity index (χ1v) is 10.3. The molecule has 1 atom stereocenters. The lowest BCUT2D eigenvalue weighted by Crippen LogP contribution is -2.33. The Morgan fingerprint density at radius 3 is 2.62 bits per heavy atom. The van der Waals surface area contributed by atoms with E-state index in [1.807, 2.05) is 30.5 Å². The topological polar surface area (TPSA) is 99.2 Å². The van der Waals surface area contributed by atoms with Gasteiger partial charge in [0.2, 0.25) is 0 Å². The third kappa shape index (κ3) is 3.33. The molecule has 7 nitrogen and oxygen atoms in total. The van der Waals surface area contributed by atoms with Crippen LogP contribution in [0.25, 0.3) is 10.9 Å². The lowest BCUT2D eigenvalue weighted by atomic mass is 9.94. The van der Waals surface area contributed by atoms with E-state index in [4.69, 9.17) is 0 Å². The molecule has 1 aliphatic heterocycles. The van der Waals surface area contributed by atoms with Gasteiger partial charge in [-0.25, -0.2) is 0 Å². The second kappa shape index (κ2) is 8.11. The van der Waals surface area contributed by atoms with E-state index < -0.39 is 23.5 Å². The van der Waals surface area contributed by atoms with Crippen LogP contribution in [-0.4, -0.2) is 43.2 Å². The maximum Gasteiger partial charge on any atom is 0.290 e. The number of benzene rings is 1. The maximum atomic E-state index is 13.3. The molecule has 1 amide bonds. The Labute approximate surface area is 184 Å². The molecular formula is C25H20N4O3. The fourth-order valence-corrected chi connectivity index (χ4v) is 4.24. The van der Waals surface area contributed by atoms with Gasteiger partial charge >= 0.3 is 0 Å². The largest absolute Gasteiger partial charge is 0.503 e. The van der Waals surface area contributed by atoms with Crippen LogP contribution >= 0.6 is 0 Å². The number of para-hydroxylation sites is 1. The molecule has 4 aromatic rings. The number of ketones is 1. The SMILES string of the molecule is O=C(C1=C(O)C(=O)N(CCc2c[nH]c3ccccc23)C1c1ccncc1)c1cccnc1. The molecule has 2 N–H and O–H groups in total. The summed E-state index contributed by atoms with van der Waals surface area (Å²) < 4.78 is 0. The van der Waals surface area contributed by atoms with E-state index in [0.717, 1.165) is 16.5 Å². The highest BCUT2D eigenvalue weighted by Crippen LogP contribution is 2.39. The van der Waals surface area contributed by atoms with Crippen LogP contribution in [0.1, 0.15) is 27.5 Å². The first-order valence-electron chi connectivity index (χ1n) is 10.3. The molecule has 5 rings (SSSR count). The zero-order valence-electron chi connectivity index (χ0n) is 17.1. The van der Waals surface area contributed by atoms with Crippen LogP contribution in [0, 0.1) is 0 Å². The zero-order chi connectivity index (χ0) is 22.1. The van der Waals surface area contributed by atoms with Crippen LogP contribution in [0.3, 0.4) is 0 Å². The smallest absolute Gasteiger partial charge is 0.290 e. The van der Waals surface area contributed by atoms with Gasteiger partial charge in [-0.15, -0.1) is 0 Å². The van der Waals surface area contributed by atoms with Gasteiger partial charge in [-0.1, -0.05) is 18.2 Å². The number of pyridine rings is 2. The normalized spacial score (nSPS) is 16.2. The van der Waals surface area contributed by atoms with Crippen LogP contribution < -0.4 is 0 Å². The van der Waals surface area contributed by atoms with E-state index in [9.17, 15) is 14.7 Å². The lowest BCUT2D eigenvalue weighted by molar-refractivity contribution is -0.129. The predicted octanol–water partition coefficient (Wildman–Crippen LogP) is 3.78. The standard InChI is InChI=1S/C25H20N4O3/c30-23(18-4-3-10-27-14-18)21-22(16-7-11-26-12-8-16)29(25(32)24(21)31)13-9-17-15-28-20-6-2-1-5-19(17)20/h1-8,10-12,14-15,22,28,31H,9,13H2. The Morgan fingerprint density at radius 2 is 1.84 bits per heavy atom. The second-order valence-electron chi connectivity index (χ2n) is 7.62. The zero-order valence-corrected chi connectivity index (χ0v) is 17.1. The van der Waals surface area contributed by atoms with Gasteiger partial charge in [-0.3, -0.25) is 19.6 Å². The van der Waals surface area contributed by atoms with Crippen LogP contribution in [-0.2, 0) is 11.2 Å². The predicted molar refractivity (Wildman–Crippen MR) is 119 cm³/mol. The Balaban J connectivity index is 1.51. The highest BCUT2D eigenvalue weighted by molar-refractivity contribution is 6.16. The minimum absolute atomic E-state index is 0.0631. The second-order valence-corrected chi connectivity index (χ2v) is 7.62. The van der Waals surface area contributed by atoms with Crippen LogP contribution in [0.4, 0.5) is 0 Å². The molecule has 1 unspecified atom stereocenters. The van der Waals surface area contributed by atoms with Gasteiger partial charge in [0.15, 0.2) is 11.5 Å². The summed E-state index contributed by atoms with van der Waals surface area (Å²) in [6.45, 7) is 0.335. The highest BCUT2D eigenvalue weighted by Gasteiger charge is 2.43. The molecule has 0 bridgehead atoms. The fraction of sp³-hybridized carbons (Fsp3) is 0.120. The molecular weight excluding hydrogens is 404 g/mol. The average Bonchev–Trinajstić information content (AvgIpc) is 3.37. The summed E-state index contributed by atoms with van der Waals surface area (Å²) in [5, 5.41) is 11.8. The van der Waals surface area contributed by atoms with E-state index in [1.54, 1.807) is 47.8 Å². The lowest BCUT2D eigenvalue weighted by Gasteiger charge is -2.26. The van der Waals surface area contributed by atoms with E-state index in [0.29, 0.717) is 24.1 Å². The van der Waals surface area contributed by atoms with Crippen molar-refractivity contribution in [1.29, 1.82) is 0 Å². The number of hydrogen-bond donors (Lipinski definition) is 2. The van der Waals surface area contributed by atoms with Crippen molar-refractivity contribution in [3.8, 4) is 0 Å². The van der Waals surface area contributed by atoms with Crippen LogP contribution in [0.5, 0.6) is 0 Å². The number of rotatable bonds is 6. The van der Waals surface area contributed by atoms with Gasteiger partial charge in [0.05, 0.1) is 11.6 Å². The molecule has 0 spiro atoms. The van der Waals surface area contributed by atoms with Crippen LogP contribution in [0.15, 0.2) is 90.8 Å². The number of amides is 1. The molecule has 1 aromatic carbocycles. The third-order valence-electron chi connectivity index (χ3n) is 5.79.